The first-order valence-corrected chi connectivity index (χ1v) is 10.7. The van der Waals surface area contributed by atoms with Crippen molar-refractivity contribution in [3.8, 4) is 0 Å². The number of hydroxylamine groups is 2. The van der Waals surface area contributed by atoms with Crippen molar-refractivity contribution in [1.29, 1.82) is 0 Å². The lowest BCUT2D eigenvalue weighted by Crippen LogP contribution is -2.28. The summed E-state index contributed by atoms with van der Waals surface area (Å²) < 4.78 is 0. The van der Waals surface area contributed by atoms with Gasteiger partial charge in [0, 0.05) is 13.0 Å². The summed E-state index contributed by atoms with van der Waals surface area (Å²) in [6.45, 7) is 3.44. The second kappa shape index (κ2) is 18.2. The van der Waals surface area contributed by atoms with Gasteiger partial charge in [0.25, 0.3) is 0 Å². The van der Waals surface area contributed by atoms with E-state index in [-0.39, 0.29) is 5.91 Å². The normalized spacial score (nSPS) is 11.2. The SMILES string of the molecule is CCCCCCCCCCCCCCCC(=O)N([O-])CCCN(C)C. The van der Waals surface area contributed by atoms with Crippen molar-refractivity contribution in [3.05, 3.63) is 5.21 Å². The largest absolute Gasteiger partial charge is 0.756 e. The third kappa shape index (κ3) is 18.0. The van der Waals surface area contributed by atoms with Gasteiger partial charge in [0.1, 0.15) is 0 Å². The molecule has 0 aliphatic rings. The molecular weight excluding hydrogens is 312 g/mol. The first-order chi connectivity index (χ1) is 12.1. The Kier molecular flexibility index (Phi) is 17.7. The maximum absolute atomic E-state index is 11.7. The van der Waals surface area contributed by atoms with E-state index in [2.05, 4.69) is 6.92 Å². The van der Waals surface area contributed by atoms with Crippen LogP contribution in [-0.4, -0.2) is 43.1 Å². The van der Waals surface area contributed by atoms with E-state index in [1.807, 2.05) is 19.0 Å². The van der Waals surface area contributed by atoms with Crippen molar-refractivity contribution in [2.24, 2.45) is 0 Å². The third-order valence-electron chi connectivity index (χ3n) is 4.74. The monoisotopic (exact) mass is 355 g/mol. The van der Waals surface area contributed by atoms with E-state index in [0.717, 1.165) is 25.8 Å². The lowest BCUT2D eigenvalue weighted by Gasteiger charge is -2.28. The Hall–Kier alpha value is -0.610. The van der Waals surface area contributed by atoms with E-state index in [4.69, 9.17) is 0 Å². The molecular formula is C21H43N2O2-. The van der Waals surface area contributed by atoms with Crippen LogP contribution in [0.1, 0.15) is 103 Å². The Morgan fingerprint density at radius 1 is 0.680 bits per heavy atom. The Morgan fingerprint density at radius 3 is 1.56 bits per heavy atom. The van der Waals surface area contributed by atoms with Crippen LogP contribution in [0.5, 0.6) is 0 Å². The lowest BCUT2D eigenvalue weighted by molar-refractivity contribution is -0.128. The fourth-order valence-corrected chi connectivity index (χ4v) is 3.07. The highest BCUT2D eigenvalue weighted by atomic mass is 16.5. The van der Waals surface area contributed by atoms with Gasteiger partial charge < -0.3 is 15.2 Å². The second-order valence-electron chi connectivity index (χ2n) is 7.65. The van der Waals surface area contributed by atoms with Crippen LogP contribution in [0.4, 0.5) is 0 Å². The molecule has 0 fully saturated rings. The summed E-state index contributed by atoms with van der Waals surface area (Å²) in [6.07, 6.45) is 18.0. The second-order valence-corrected chi connectivity index (χ2v) is 7.65. The number of hydrogen-bond acceptors (Lipinski definition) is 3. The Bertz CT molecular complexity index is 296. The number of carbonyl (C=O) groups is 1. The fraction of sp³-hybridized carbons (Fsp3) is 0.952. The summed E-state index contributed by atoms with van der Waals surface area (Å²) >= 11 is 0. The van der Waals surface area contributed by atoms with Crippen LogP contribution in [0, 0.1) is 5.21 Å². The van der Waals surface area contributed by atoms with Crippen LogP contribution in [0.2, 0.25) is 0 Å². The van der Waals surface area contributed by atoms with Gasteiger partial charge in [-0.25, -0.2) is 0 Å². The average Bonchev–Trinajstić information content (AvgIpc) is 2.58. The Morgan fingerprint density at radius 2 is 1.12 bits per heavy atom. The highest BCUT2D eigenvalue weighted by Crippen LogP contribution is 2.13. The van der Waals surface area contributed by atoms with Crippen LogP contribution in [0.15, 0.2) is 0 Å². The number of nitrogens with zero attached hydrogens (tertiary/aromatic N) is 2. The minimum Gasteiger partial charge on any atom is -0.756 e. The van der Waals surface area contributed by atoms with Gasteiger partial charge in [-0.2, -0.15) is 0 Å². The quantitative estimate of drug-likeness (QED) is 0.232. The van der Waals surface area contributed by atoms with E-state index in [1.165, 1.54) is 70.6 Å². The van der Waals surface area contributed by atoms with Crippen molar-refractivity contribution >= 4 is 5.91 Å². The highest BCUT2D eigenvalue weighted by molar-refractivity contribution is 5.76. The molecule has 0 unspecified atom stereocenters. The molecule has 0 radical (unpaired) electrons. The van der Waals surface area contributed by atoms with Gasteiger partial charge in [-0.15, -0.1) is 0 Å². The van der Waals surface area contributed by atoms with Crippen molar-refractivity contribution in [2.75, 3.05) is 27.2 Å². The molecule has 4 nitrogen and oxygen atoms in total. The zero-order valence-electron chi connectivity index (χ0n) is 17.2. The molecule has 0 atom stereocenters. The summed E-state index contributed by atoms with van der Waals surface area (Å²) in [4.78, 5) is 13.8. The highest BCUT2D eigenvalue weighted by Gasteiger charge is 2.04. The lowest BCUT2D eigenvalue weighted by atomic mass is 10.0. The molecule has 0 rings (SSSR count). The molecule has 0 bridgehead atoms. The van der Waals surface area contributed by atoms with Gasteiger partial charge in [-0.1, -0.05) is 84.0 Å². The third-order valence-corrected chi connectivity index (χ3v) is 4.74. The summed E-state index contributed by atoms with van der Waals surface area (Å²) in [7, 11) is 3.95. The predicted octanol–water partition coefficient (Wildman–Crippen LogP) is 5.75. The minimum absolute atomic E-state index is 0.234. The van der Waals surface area contributed by atoms with Gasteiger partial charge in [0.15, 0.2) is 0 Å². The molecule has 0 N–H and O–H groups in total. The van der Waals surface area contributed by atoms with E-state index < -0.39 is 0 Å². The molecule has 0 spiro atoms. The molecule has 1 amide bonds. The topological polar surface area (TPSA) is 46.6 Å². The molecule has 0 saturated heterocycles. The first-order valence-electron chi connectivity index (χ1n) is 10.7. The van der Waals surface area contributed by atoms with Gasteiger partial charge in [0.05, 0.1) is 0 Å². The fourth-order valence-electron chi connectivity index (χ4n) is 3.07. The predicted molar refractivity (Wildman–Crippen MR) is 109 cm³/mol. The van der Waals surface area contributed by atoms with Crippen LogP contribution in [0.3, 0.4) is 0 Å². The van der Waals surface area contributed by atoms with Crippen LogP contribution < -0.4 is 0 Å². The molecule has 0 aliphatic heterocycles. The van der Waals surface area contributed by atoms with E-state index in [1.54, 1.807) is 0 Å². The number of hydrogen-bond donors (Lipinski definition) is 0. The van der Waals surface area contributed by atoms with Crippen LogP contribution >= 0.6 is 0 Å². The number of unbranched alkanes of at least 4 members (excludes halogenated alkanes) is 12. The van der Waals surface area contributed by atoms with Gasteiger partial charge in [-0.3, -0.25) is 4.79 Å². The molecule has 0 aromatic heterocycles. The number of amides is 1. The molecule has 0 heterocycles. The van der Waals surface area contributed by atoms with Gasteiger partial charge in [0.2, 0.25) is 5.91 Å². The Balaban J connectivity index is 3.28. The standard InChI is InChI=1S/C21H43N2O2/c1-4-5-6-7-8-9-10-11-12-13-14-15-16-18-21(24)23(25)20-17-19-22(2)3/h4-20H2,1-3H3/q-1. The molecule has 0 aromatic carbocycles. The van der Waals surface area contributed by atoms with Gasteiger partial charge in [-0.05, 0) is 33.5 Å². The zero-order chi connectivity index (χ0) is 18.8. The van der Waals surface area contributed by atoms with E-state index in [9.17, 15) is 10.0 Å². The molecule has 4 heteroatoms. The summed E-state index contributed by atoms with van der Waals surface area (Å²) in [5, 5.41) is 12.3. The maximum Gasteiger partial charge on any atom is 0.212 e. The van der Waals surface area contributed by atoms with Crippen molar-refractivity contribution < 1.29 is 4.79 Å². The van der Waals surface area contributed by atoms with E-state index in [0.29, 0.717) is 18.0 Å². The summed E-state index contributed by atoms with van der Waals surface area (Å²) in [5.41, 5.74) is 0. The molecule has 0 aliphatic carbocycles. The van der Waals surface area contributed by atoms with Crippen LogP contribution in [0.25, 0.3) is 0 Å². The van der Waals surface area contributed by atoms with Crippen molar-refractivity contribution in [2.45, 2.75) is 103 Å². The molecule has 150 valence electrons. The first kappa shape index (κ1) is 24.4. The zero-order valence-corrected chi connectivity index (χ0v) is 17.2. The minimum atomic E-state index is -0.234. The summed E-state index contributed by atoms with van der Waals surface area (Å²) in [6, 6.07) is 0. The van der Waals surface area contributed by atoms with Crippen LogP contribution in [-0.2, 0) is 4.79 Å². The number of rotatable bonds is 18. The average molecular weight is 356 g/mol. The van der Waals surface area contributed by atoms with Gasteiger partial charge >= 0.3 is 0 Å². The molecule has 0 aromatic rings. The van der Waals surface area contributed by atoms with Crippen molar-refractivity contribution in [3.63, 3.8) is 0 Å². The maximum atomic E-state index is 11.7. The number of carbonyl (C=O) groups excluding carboxylic acids is 1. The smallest absolute Gasteiger partial charge is 0.212 e. The summed E-state index contributed by atoms with van der Waals surface area (Å²) in [5.74, 6) is -0.234. The van der Waals surface area contributed by atoms with E-state index >= 15 is 0 Å². The molecule has 0 saturated carbocycles. The Labute approximate surface area is 156 Å². The van der Waals surface area contributed by atoms with Crippen molar-refractivity contribution in [1.82, 2.24) is 9.96 Å². The molecule has 25 heavy (non-hydrogen) atoms.